The quantitative estimate of drug-likeness (QED) is 0.438. The van der Waals surface area contributed by atoms with Gasteiger partial charge >= 0.3 is 120 Å². The van der Waals surface area contributed by atoms with E-state index in [1.54, 1.807) is 22.3 Å². The first-order chi connectivity index (χ1) is 8.40. The Hall–Kier alpha value is 0.627. The summed E-state index contributed by atoms with van der Waals surface area (Å²) in [4.78, 5) is 0. The maximum atomic E-state index is 2.56. The molecule has 0 atom stereocenters. The van der Waals surface area contributed by atoms with Gasteiger partial charge in [-0.2, -0.15) is 0 Å². The van der Waals surface area contributed by atoms with Gasteiger partial charge in [0.2, 0.25) is 0 Å². The summed E-state index contributed by atoms with van der Waals surface area (Å²) in [6.45, 7) is 14.4. The van der Waals surface area contributed by atoms with E-state index in [1.807, 2.05) is 6.66 Å². The molecule has 2 rings (SSSR count). The van der Waals surface area contributed by atoms with E-state index in [0.29, 0.717) is 0 Å². The molecule has 0 spiro atoms. The van der Waals surface area contributed by atoms with Crippen molar-refractivity contribution in [1.82, 2.24) is 0 Å². The van der Waals surface area contributed by atoms with Gasteiger partial charge in [0.25, 0.3) is 0 Å². The molecule has 4 heteroatoms. The van der Waals surface area contributed by atoms with Gasteiger partial charge in [0.1, 0.15) is 0 Å². The van der Waals surface area contributed by atoms with Crippen molar-refractivity contribution in [3.63, 3.8) is 0 Å². The molecule has 110 valence electrons. The fourth-order valence-electron chi connectivity index (χ4n) is 3.21. The van der Waals surface area contributed by atoms with Gasteiger partial charge in [-0.25, -0.2) is 0 Å². The second kappa shape index (κ2) is 8.31. The minimum atomic E-state index is -1.70. The van der Waals surface area contributed by atoms with Gasteiger partial charge in [-0.15, -0.1) is 0 Å². The van der Waals surface area contributed by atoms with Crippen molar-refractivity contribution in [2.45, 2.75) is 53.6 Å². The van der Waals surface area contributed by atoms with E-state index >= 15 is 0 Å². The predicted octanol–water partition coefficient (Wildman–Crippen LogP) is -0.888. The zero-order valence-electron chi connectivity index (χ0n) is 13.3. The third-order valence-electron chi connectivity index (χ3n) is 3.89. The Kier molecular flexibility index (Phi) is 8.57. The Bertz CT molecular complexity index is 515. The number of hydrogen-bond acceptors (Lipinski definition) is 0. The van der Waals surface area contributed by atoms with Crippen LogP contribution in [0.2, 0.25) is 13.1 Å². The molecule has 0 aliphatic heterocycles. The van der Waals surface area contributed by atoms with Crippen LogP contribution in [0.3, 0.4) is 0 Å². The van der Waals surface area contributed by atoms with E-state index < -0.39 is 20.1 Å². The maximum Gasteiger partial charge on any atom is -1.00 e. The first-order valence-corrected chi connectivity index (χ1v) is 18.3. The van der Waals surface area contributed by atoms with E-state index in [9.17, 15) is 0 Å². The van der Waals surface area contributed by atoms with Crippen LogP contribution in [0.15, 0.2) is 41.1 Å². The number of hydrogen-bond donors (Lipinski definition) is 0. The molecular weight excluding hydrogens is 470 g/mol. The summed E-state index contributed by atoms with van der Waals surface area (Å²) in [6, 6.07) is 0. The van der Waals surface area contributed by atoms with Crippen molar-refractivity contribution >= 4 is 5.49 Å². The molecule has 0 nitrogen and oxygen atoms in total. The Labute approximate surface area is 144 Å². The van der Waals surface area contributed by atoms with Gasteiger partial charge in [-0.3, -0.25) is 0 Å². The van der Waals surface area contributed by atoms with Crippen LogP contribution in [0, 0.1) is 0 Å². The summed E-state index contributed by atoms with van der Waals surface area (Å²) in [5.74, 6) is 0. The molecule has 0 saturated carbocycles. The van der Waals surface area contributed by atoms with E-state index in [2.05, 4.69) is 52.9 Å². The molecule has 0 bridgehead atoms. The third kappa shape index (κ3) is 4.31. The Balaban J connectivity index is 0.00000180. The van der Waals surface area contributed by atoms with E-state index in [4.69, 9.17) is 0 Å². The van der Waals surface area contributed by atoms with Crippen molar-refractivity contribution in [2.75, 3.05) is 0 Å². The number of halogens is 2. The molecule has 0 unspecified atom stereocenters. The Morgan fingerprint density at radius 3 is 1.35 bits per heavy atom. The molecule has 0 fully saturated rings. The number of allylic oxidation sites excluding steroid dienone is 8. The number of rotatable bonds is 2. The molecule has 0 saturated heterocycles. The zero-order valence-corrected chi connectivity index (χ0v) is 19.4. The minimum absolute atomic E-state index is 0. The zero-order chi connectivity index (χ0) is 13.4. The molecule has 0 amide bonds. The predicted molar refractivity (Wildman–Crippen MR) is 79.6 cm³/mol. The second-order valence-corrected chi connectivity index (χ2v) is 29.9. The molecule has 20 heavy (non-hydrogen) atoms. The smallest absolute Gasteiger partial charge is 1.00 e. The van der Waals surface area contributed by atoms with Gasteiger partial charge in [-0.05, 0) is 0 Å². The molecule has 0 radical (unpaired) electrons. The second-order valence-electron chi connectivity index (χ2n) is 6.03. The average molecular weight is 494 g/mol. The van der Waals surface area contributed by atoms with Crippen LogP contribution < -0.4 is 24.8 Å². The van der Waals surface area contributed by atoms with Gasteiger partial charge in [0.15, 0.2) is 0 Å². The molecule has 0 heterocycles. The van der Waals surface area contributed by atoms with Crippen LogP contribution in [0.25, 0.3) is 0 Å². The fraction of sp³-hybridized carbons (Fsp3) is 0.500. The summed E-state index contributed by atoms with van der Waals surface area (Å²) in [6.07, 6.45) is 7.49. The van der Waals surface area contributed by atoms with Crippen LogP contribution >= 0.6 is 0 Å². The van der Waals surface area contributed by atoms with Gasteiger partial charge in [0.05, 0.1) is 0 Å². The minimum Gasteiger partial charge on any atom is -1.00 e. The SMILES string of the molecule is CC1=CC(C)=[C]([Hf+2]([C]2=C(C)C=C(C)C2)=[Si](C)C)C1.[Cl-].[Cl-]. The molecule has 0 aromatic carbocycles. The van der Waals surface area contributed by atoms with Crippen LogP contribution in [0.1, 0.15) is 40.5 Å². The molecular formula is C16H24Cl2HfSi. The standard InChI is InChI=1S/2C7H9.C2H6Si.2ClH.Hf/c2*1-6-3-4-7(2)5-6;1-3-2;;;/h2*5H,3H2,1-2H3;1-2H3;2*1H;/q;;;;;+2/p-2. The van der Waals surface area contributed by atoms with E-state index in [-0.39, 0.29) is 30.3 Å². The van der Waals surface area contributed by atoms with Gasteiger partial charge < -0.3 is 24.8 Å². The summed E-state index contributed by atoms with van der Waals surface area (Å²) in [7, 11) is 0. The fourth-order valence-corrected chi connectivity index (χ4v) is 30.0. The summed E-state index contributed by atoms with van der Waals surface area (Å²) in [5.41, 5.74) is 6.32. The first kappa shape index (κ1) is 20.6. The van der Waals surface area contributed by atoms with Crippen molar-refractivity contribution in [3.05, 3.63) is 41.1 Å². The summed E-state index contributed by atoms with van der Waals surface area (Å²) in [5, 5.41) is 0. The topological polar surface area (TPSA) is 0 Å². The molecule has 0 aromatic rings. The van der Waals surface area contributed by atoms with Crippen LogP contribution in [-0.4, -0.2) is 5.49 Å². The van der Waals surface area contributed by atoms with E-state index in [0.717, 1.165) is 0 Å². The normalized spacial score (nSPS) is 17.1. The third-order valence-corrected chi connectivity index (χ3v) is 29.1. The van der Waals surface area contributed by atoms with E-state index in [1.165, 1.54) is 12.8 Å². The van der Waals surface area contributed by atoms with Crippen LogP contribution in [0.5, 0.6) is 0 Å². The molecule has 0 N–H and O–H groups in total. The van der Waals surface area contributed by atoms with Crippen molar-refractivity contribution < 1.29 is 44.9 Å². The van der Waals surface area contributed by atoms with Crippen LogP contribution in [-0.2, 0) is 20.1 Å². The molecule has 2 aliphatic rings. The monoisotopic (exact) mass is 494 g/mol. The van der Waals surface area contributed by atoms with Gasteiger partial charge in [-0.1, -0.05) is 0 Å². The molecule has 0 aromatic heterocycles. The Morgan fingerprint density at radius 2 is 1.15 bits per heavy atom. The van der Waals surface area contributed by atoms with Crippen LogP contribution in [0.4, 0.5) is 0 Å². The maximum absolute atomic E-state index is 2.56. The summed E-state index contributed by atoms with van der Waals surface area (Å²) < 4.78 is 3.85. The van der Waals surface area contributed by atoms with Crippen molar-refractivity contribution in [3.8, 4) is 0 Å². The molecule has 2 aliphatic carbocycles. The van der Waals surface area contributed by atoms with Crippen molar-refractivity contribution in [2.24, 2.45) is 0 Å². The largest absolute Gasteiger partial charge is 1.00 e. The van der Waals surface area contributed by atoms with Crippen molar-refractivity contribution in [1.29, 1.82) is 0 Å². The average Bonchev–Trinajstić information content (AvgIpc) is 2.71. The Morgan fingerprint density at radius 1 is 0.800 bits per heavy atom. The van der Waals surface area contributed by atoms with Gasteiger partial charge in [0, 0.05) is 0 Å². The summed E-state index contributed by atoms with van der Waals surface area (Å²) >= 11 is -1.70. The first-order valence-electron chi connectivity index (χ1n) is 6.82.